The first-order valence-corrected chi connectivity index (χ1v) is 8.80. The molecular formula is C19H27N3O3. The molecule has 0 saturated heterocycles. The summed E-state index contributed by atoms with van der Waals surface area (Å²) >= 11 is 0. The van der Waals surface area contributed by atoms with E-state index in [2.05, 4.69) is 49.4 Å². The molecule has 0 spiro atoms. The Balaban J connectivity index is 0.000000511. The molecule has 0 atom stereocenters. The quantitative estimate of drug-likeness (QED) is 0.632. The summed E-state index contributed by atoms with van der Waals surface area (Å²) in [6.07, 6.45) is 4.99. The topological polar surface area (TPSA) is 91.4 Å². The molecule has 0 fully saturated rings. The molecule has 3 rings (SSSR count). The fourth-order valence-corrected chi connectivity index (χ4v) is 3.31. The molecule has 3 aromatic rings. The molecule has 0 saturated carbocycles. The van der Waals surface area contributed by atoms with Crippen LogP contribution < -0.4 is 0 Å². The van der Waals surface area contributed by atoms with Crippen LogP contribution >= 0.6 is 0 Å². The summed E-state index contributed by atoms with van der Waals surface area (Å²) in [5.74, 6) is 0. The van der Waals surface area contributed by atoms with Gasteiger partial charge in [-0.2, -0.15) is 0 Å². The van der Waals surface area contributed by atoms with Gasteiger partial charge in [-0.25, -0.2) is 4.98 Å². The number of aryl methyl sites for hydroxylation is 4. The van der Waals surface area contributed by atoms with E-state index in [0.29, 0.717) is 0 Å². The number of aliphatic hydroxyl groups is 3. The van der Waals surface area contributed by atoms with Gasteiger partial charge in [0, 0.05) is 11.9 Å². The highest BCUT2D eigenvalue weighted by molar-refractivity contribution is 6.05. The Hall–Kier alpha value is -2.02. The van der Waals surface area contributed by atoms with Crippen molar-refractivity contribution < 1.29 is 15.3 Å². The Kier molecular flexibility index (Phi) is 6.47. The maximum Gasteiger partial charge on any atom is 0.263 e. The minimum Gasteiger partial charge on any atom is -0.346 e. The lowest BCUT2D eigenvalue weighted by Crippen LogP contribution is -2.01. The third kappa shape index (κ3) is 3.81. The Labute approximate surface area is 147 Å². The van der Waals surface area contributed by atoms with Crippen LogP contribution in [0.1, 0.15) is 44.5 Å². The van der Waals surface area contributed by atoms with Gasteiger partial charge in [-0.15, -0.1) is 0 Å². The Morgan fingerprint density at radius 2 is 1.68 bits per heavy atom. The maximum absolute atomic E-state index is 7.17. The van der Waals surface area contributed by atoms with E-state index in [1.54, 1.807) is 0 Å². The van der Waals surface area contributed by atoms with Crippen molar-refractivity contribution in [3.8, 4) is 0 Å². The molecule has 2 heterocycles. The average molecular weight is 345 g/mol. The minimum absolute atomic E-state index is 0.921. The van der Waals surface area contributed by atoms with Crippen LogP contribution in [0.5, 0.6) is 0 Å². The number of aliphatic hydroxyl groups excluding tert-OH is 1. The molecular weight excluding hydrogens is 318 g/mol. The first-order chi connectivity index (χ1) is 12.0. The molecule has 0 radical (unpaired) electrons. The highest BCUT2D eigenvalue weighted by Gasteiger charge is 2.16. The molecule has 0 aliphatic carbocycles. The minimum atomic E-state index is -2.17. The summed E-state index contributed by atoms with van der Waals surface area (Å²) in [6, 6.07) is 4.42. The van der Waals surface area contributed by atoms with Gasteiger partial charge in [-0.3, -0.25) is 4.98 Å². The first-order valence-electron chi connectivity index (χ1n) is 8.80. The lowest BCUT2D eigenvalue weighted by Gasteiger charge is -2.13. The van der Waals surface area contributed by atoms with E-state index in [1.807, 2.05) is 6.33 Å². The second-order valence-corrected chi connectivity index (χ2v) is 5.79. The van der Waals surface area contributed by atoms with E-state index in [1.165, 1.54) is 22.0 Å². The number of nitrogens with zero attached hydrogens (tertiary/aromatic N) is 3. The number of hydrogen-bond donors (Lipinski definition) is 3. The van der Waals surface area contributed by atoms with Gasteiger partial charge >= 0.3 is 0 Å². The van der Waals surface area contributed by atoms with E-state index in [4.69, 9.17) is 20.3 Å². The van der Waals surface area contributed by atoms with Crippen LogP contribution in [0.3, 0.4) is 0 Å². The molecule has 2 aromatic heterocycles. The molecule has 3 N–H and O–H groups in total. The third-order valence-electron chi connectivity index (χ3n) is 4.40. The van der Waals surface area contributed by atoms with Gasteiger partial charge in [-0.1, -0.05) is 26.8 Å². The number of fused-ring (bicyclic) bond motifs is 3. The monoisotopic (exact) mass is 345 g/mol. The predicted molar refractivity (Wildman–Crippen MR) is 99.3 cm³/mol. The van der Waals surface area contributed by atoms with Gasteiger partial charge in [0.2, 0.25) is 0 Å². The third-order valence-corrected chi connectivity index (χ3v) is 4.40. The summed E-state index contributed by atoms with van der Waals surface area (Å²) < 4.78 is 2.26. The van der Waals surface area contributed by atoms with Crippen molar-refractivity contribution in [1.29, 1.82) is 0 Å². The summed E-state index contributed by atoms with van der Waals surface area (Å²) in [4.78, 5) is 9.52. The fourth-order valence-electron chi connectivity index (χ4n) is 3.31. The van der Waals surface area contributed by atoms with Crippen LogP contribution in [0, 0.1) is 0 Å². The van der Waals surface area contributed by atoms with E-state index in [0.717, 1.165) is 42.5 Å². The number of rotatable bonds is 4. The van der Waals surface area contributed by atoms with E-state index in [9.17, 15) is 0 Å². The normalized spacial score (nSPS) is 11.2. The molecule has 0 unspecified atom stereocenters. The summed E-state index contributed by atoms with van der Waals surface area (Å²) in [6.45, 7) is 7.56. The summed E-state index contributed by atoms with van der Waals surface area (Å²) in [7, 11) is 0. The summed E-state index contributed by atoms with van der Waals surface area (Å²) in [5.41, 5.74) is 7.44. The van der Waals surface area contributed by atoms with Gasteiger partial charge in [0.1, 0.15) is 5.52 Å². The van der Waals surface area contributed by atoms with Crippen molar-refractivity contribution in [1.82, 2.24) is 14.5 Å². The zero-order chi connectivity index (χ0) is 18.6. The van der Waals surface area contributed by atoms with Crippen LogP contribution in [0.2, 0.25) is 0 Å². The van der Waals surface area contributed by atoms with Crippen LogP contribution in [0.25, 0.3) is 21.9 Å². The van der Waals surface area contributed by atoms with E-state index < -0.39 is 6.48 Å². The SMILES string of the molecule is CCc1ccc2nc(CC)c3ncn(CC)c3c2c1CC.OC(O)O. The van der Waals surface area contributed by atoms with Crippen molar-refractivity contribution in [2.24, 2.45) is 0 Å². The molecule has 0 bridgehead atoms. The predicted octanol–water partition coefficient (Wildman–Crippen LogP) is 2.54. The lowest BCUT2D eigenvalue weighted by molar-refractivity contribution is -0.198. The molecule has 1 aromatic carbocycles. The highest BCUT2D eigenvalue weighted by atomic mass is 16.6. The smallest absolute Gasteiger partial charge is 0.263 e. The van der Waals surface area contributed by atoms with E-state index in [-0.39, 0.29) is 0 Å². The number of benzene rings is 1. The van der Waals surface area contributed by atoms with Gasteiger partial charge in [0.25, 0.3) is 6.48 Å². The average Bonchev–Trinajstić information content (AvgIpc) is 3.03. The molecule has 6 heteroatoms. The zero-order valence-corrected chi connectivity index (χ0v) is 15.3. The number of pyridine rings is 1. The van der Waals surface area contributed by atoms with Crippen molar-refractivity contribution in [3.05, 3.63) is 35.3 Å². The fraction of sp³-hybridized carbons (Fsp3) is 0.474. The molecule has 25 heavy (non-hydrogen) atoms. The van der Waals surface area contributed by atoms with E-state index >= 15 is 0 Å². The highest BCUT2D eigenvalue weighted by Crippen LogP contribution is 2.31. The maximum atomic E-state index is 7.17. The van der Waals surface area contributed by atoms with Gasteiger partial charge < -0.3 is 19.9 Å². The molecule has 0 amide bonds. The lowest BCUT2D eigenvalue weighted by atomic mass is 9.96. The Morgan fingerprint density at radius 3 is 2.20 bits per heavy atom. The second kappa shape index (κ2) is 8.38. The number of hydrogen-bond acceptors (Lipinski definition) is 5. The Morgan fingerprint density at radius 1 is 1.00 bits per heavy atom. The van der Waals surface area contributed by atoms with Crippen LogP contribution in [-0.4, -0.2) is 36.3 Å². The van der Waals surface area contributed by atoms with Gasteiger partial charge in [0.05, 0.1) is 23.1 Å². The van der Waals surface area contributed by atoms with Crippen molar-refractivity contribution in [3.63, 3.8) is 0 Å². The first kappa shape index (κ1) is 19.3. The molecule has 6 nitrogen and oxygen atoms in total. The molecule has 0 aliphatic heterocycles. The van der Waals surface area contributed by atoms with Crippen LogP contribution in [0.4, 0.5) is 0 Å². The van der Waals surface area contributed by atoms with Crippen LogP contribution in [0.15, 0.2) is 18.5 Å². The zero-order valence-electron chi connectivity index (χ0n) is 15.3. The van der Waals surface area contributed by atoms with Crippen molar-refractivity contribution in [2.75, 3.05) is 0 Å². The van der Waals surface area contributed by atoms with Gasteiger partial charge in [-0.05, 0) is 43.4 Å². The van der Waals surface area contributed by atoms with Crippen LogP contribution in [-0.2, 0) is 25.8 Å². The van der Waals surface area contributed by atoms with Gasteiger partial charge in [0.15, 0.2) is 0 Å². The summed E-state index contributed by atoms with van der Waals surface area (Å²) in [5, 5.41) is 22.8. The Bertz CT molecular complexity index is 853. The number of aromatic nitrogens is 3. The molecule has 0 aliphatic rings. The number of imidazole rings is 1. The standard InChI is InChI=1S/C18H23N3.CH4O3/c1-5-12-9-10-15-16(13(12)6-2)18-17(14(7-3)20-15)19-11-21(18)8-4;2-1(3)4/h9-11H,5-8H2,1-4H3;1-4H. The van der Waals surface area contributed by atoms with Crippen molar-refractivity contribution >= 4 is 21.9 Å². The van der Waals surface area contributed by atoms with Crippen molar-refractivity contribution in [2.45, 2.75) is 60.0 Å². The molecule has 136 valence electrons. The second-order valence-electron chi connectivity index (χ2n) is 5.79. The largest absolute Gasteiger partial charge is 0.346 e.